The lowest BCUT2D eigenvalue weighted by Crippen LogP contribution is -2.45. The zero-order valence-corrected chi connectivity index (χ0v) is 13.8. The predicted molar refractivity (Wildman–Crippen MR) is 76.7 cm³/mol. The van der Waals surface area contributed by atoms with Crippen LogP contribution in [0.3, 0.4) is 0 Å². The Morgan fingerprint density at radius 2 is 1.47 bits per heavy atom. The summed E-state index contributed by atoms with van der Waals surface area (Å²) in [6.07, 6.45) is 3.12. The molecule has 0 aliphatic carbocycles. The van der Waals surface area contributed by atoms with Gasteiger partial charge in [-0.1, -0.05) is 13.2 Å². The van der Waals surface area contributed by atoms with Gasteiger partial charge in [-0.3, -0.25) is 0 Å². The number of rotatable bonds is 6. The molecule has 0 aromatic rings. The highest BCUT2D eigenvalue weighted by Gasteiger charge is 2.29. The molecular weight excluding hydrogens is 238 g/mol. The molecule has 0 aromatic heterocycles. The summed E-state index contributed by atoms with van der Waals surface area (Å²) in [4.78, 5) is 0. The van der Waals surface area contributed by atoms with Gasteiger partial charge in [-0.2, -0.15) is 0 Å². The summed E-state index contributed by atoms with van der Waals surface area (Å²) < 4.78 is 15.4. The van der Waals surface area contributed by atoms with Crippen LogP contribution in [0.25, 0.3) is 0 Å². The lowest BCUT2D eigenvalue weighted by Gasteiger charge is -2.31. The number of nitrogens with one attached hydrogen (secondary N) is 1. The van der Waals surface area contributed by atoms with Gasteiger partial charge in [0.1, 0.15) is 6.10 Å². The Balaban J connectivity index is -0.000000105. The van der Waals surface area contributed by atoms with Crippen molar-refractivity contribution in [3.05, 3.63) is 25.6 Å². The molecule has 7 heteroatoms. The normalized spacial score (nSPS) is 10.8. The molecule has 0 aliphatic rings. The van der Waals surface area contributed by atoms with Crippen molar-refractivity contribution in [2.45, 2.75) is 18.4 Å². The van der Waals surface area contributed by atoms with Crippen LogP contribution in [-0.4, -0.2) is 43.1 Å². The predicted octanol–water partition coefficient (Wildman–Crippen LogP) is 0.520. The van der Waals surface area contributed by atoms with E-state index >= 15 is 0 Å². The molecular formula is C10H29N3O3Si. The molecule has 17 heavy (non-hydrogen) atoms. The average Bonchev–Trinajstić information content (AvgIpc) is 2.28. The van der Waals surface area contributed by atoms with Crippen molar-refractivity contribution in [3.63, 3.8) is 0 Å². The summed E-state index contributed by atoms with van der Waals surface area (Å²) >= 11 is 0. The third-order valence-corrected chi connectivity index (χ3v) is 3.77. The molecule has 0 spiro atoms. The molecule has 0 heterocycles. The largest absolute Gasteiger partial charge is 0.377 e. The molecule has 1 unspecified atom stereocenters. The van der Waals surface area contributed by atoms with Crippen LogP contribution in [-0.2, 0) is 14.2 Å². The van der Waals surface area contributed by atoms with Crippen molar-refractivity contribution in [1.82, 2.24) is 17.6 Å². The maximum atomic E-state index is 5.15. The molecule has 0 rings (SSSR count). The van der Waals surface area contributed by atoms with Crippen LogP contribution in [0.1, 0.15) is 6.92 Å². The van der Waals surface area contributed by atoms with E-state index < -0.39 is 5.41 Å². The van der Waals surface area contributed by atoms with E-state index in [1.165, 1.54) is 0 Å². The topological polar surface area (TPSA) is 110 Å². The monoisotopic (exact) mass is 267 g/mol. The Morgan fingerprint density at radius 3 is 1.53 bits per heavy atom. The second-order valence-electron chi connectivity index (χ2n) is 2.88. The Bertz CT molecular complexity index is 172. The van der Waals surface area contributed by atoms with Gasteiger partial charge in [0.15, 0.2) is 5.41 Å². The van der Waals surface area contributed by atoms with Crippen molar-refractivity contribution in [2.75, 3.05) is 21.3 Å². The lowest BCUT2D eigenvalue weighted by molar-refractivity contribution is -0.202. The molecule has 6 nitrogen and oxygen atoms in total. The van der Waals surface area contributed by atoms with E-state index in [0.29, 0.717) is 0 Å². The van der Waals surface area contributed by atoms with Crippen LogP contribution in [0.5, 0.6) is 0 Å². The molecule has 0 saturated heterocycles. The molecule has 0 saturated carbocycles. The van der Waals surface area contributed by atoms with E-state index in [1.807, 2.05) is 6.92 Å². The Hall–Kier alpha value is -0.703. The molecule has 0 amide bonds. The lowest BCUT2D eigenvalue weighted by atomic mass is 10.4. The molecule has 0 aliphatic heterocycles. The second kappa shape index (κ2) is 15.3. The fourth-order valence-corrected chi connectivity index (χ4v) is 0.948. The summed E-state index contributed by atoms with van der Waals surface area (Å²) in [7, 11) is 5.70. The Labute approximate surface area is 108 Å². The fraction of sp³-hybridized carbons (Fsp3) is 0.600. The SMILES string of the molecule is C=CNC=C.COC(C)C([SiH3])(OC)OC.N.N. The minimum Gasteiger partial charge on any atom is -0.377 e. The average molecular weight is 267 g/mol. The number of hydrogen-bond donors (Lipinski definition) is 3. The zero-order valence-electron chi connectivity index (χ0n) is 11.8. The first-order valence-corrected chi connectivity index (χ1v) is 5.63. The van der Waals surface area contributed by atoms with Gasteiger partial charge >= 0.3 is 0 Å². The number of hydrogen-bond acceptors (Lipinski definition) is 6. The van der Waals surface area contributed by atoms with Crippen molar-refractivity contribution in [3.8, 4) is 0 Å². The van der Waals surface area contributed by atoms with Crippen LogP contribution in [0, 0.1) is 0 Å². The van der Waals surface area contributed by atoms with Gasteiger partial charge in [-0.15, -0.1) is 0 Å². The quantitative estimate of drug-likeness (QED) is 0.478. The minimum absolute atomic E-state index is 0. The standard InChI is InChI=1S/C6H16O3Si.C4H7N.2H3N/c1-5(7-2)6(10,8-3)9-4;1-3-5-4-2;;/h5H,1-4,10H3;3-5H,1-2H2;2*1H3. The fourth-order valence-electron chi connectivity index (χ4n) is 0.713. The third-order valence-electron chi connectivity index (χ3n) is 2.14. The van der Waals surface area contributed by atoms with Crippen LogP contribution >= 0.6 is 0 Å². The molecule has 1 atom stereocenters. The van der Waals surface area contributed by atoms with Crippen molar-refractivity contribution >= 4 is 10.2 Å². The van der Waals surface area contributed by atoms with E-state index in [1.54, 1.807) is 33.7 Å². The minimum atomic E-state index is -0.491. The highest BCUT2D eigenvalue weighted by Crippen LogP contribution is 2.13. The number of methoxy groups -OCH3 is 3. The molecule has 0 radical (unpaired) electrons. The Kier molecular flexibility index (Phi) is 22.7. The smallest absolute Gasteiger partial charge is 0.165 e. The number of ether oxygens (including phenoxy) is 3. The molecule has 0 fully saturated rings. The summed E-state index contributed by atoms with van der Waals surface area (Å²) in [6, 6.07) is 0. The van der Waals surface area contributed by atoms with Crippen molar-refractivity contribution < 1.29 is 14.2 Å². The van der Waals surface area contributed by atoms with E-state index in [9.17, 15) is 0 Å². The highest BCUT2D eigenvalue weighted by molar-refractivity contribution is 6.13. The van der Waals surface area contributed by atoms with Crippen LogP contribution < -0.4 is 17.6 Å². The van der Waals surface area contributed by atoms with Crippen molar-refractivity contribution in [1.29, 1.82) is 0 Å². The summed E-state index contributed by atoms with van der Waals surface area (Å²) in [5.74, 6) is 0. The van der Waals surface area contributed by atoms with Crippen LogP contribution in [0.15, 0.2) is 25.6 Å². The third kappa shape index (κ3) is 11.6. The first kappa shape index (κ1) is 25.2. The molecule has 7 N–H and O–H groups in total. The van der Waals surface area contributed by atoms with E-state index in [0.717, 1.165) is 10.2 Å². The molecule has 106 valence electrons. The molecule has 0 bridgehead atoms. The highest BCUT2D eigenvalue weighted by atomic mass is 28.1. The van der Waals surface area contributed by atoms with Gasteiger partial charge in [0.05, 0.1) is 10.2 Å². The van der Waals surface area contributed by atoms with Gasteiger partial charge in [-0.05, 0) is 19.3 Å². The Morgan fingerprint density at radius 1 is 1.12 bits per heavy atom. The second-order valence-corrected chi connectivity index (χ2v) is 4.27. The van der Waals surface area contributed by atoms with E-state index in [-0.39, 0.29) is 18.4 Å². The summed E-state index contributed by atoms with van der Waals surface area (Å²) in [6.45, 7) is 8.67. The summed E-state index contributed by atoms with van der Waals surface area (Å²) in [5.41, 5.74) is -0.491. The van der Waals surface area contributed by atoms with Gasteiger partial charge in [0.25, 0.3) is 0 Å². The van der Waals surface area contributed by atoms with Gasteiger partial charge in [0, 0.05) is 21.3 Å². The van der Waals surface area contributed by atoms with E-state index in [2.05, 4.69) is 18.5 Å². The first-order valence-electron chi connectivity index (χ1n) is 4.63. The molecule has 0 aromatic carbocycles. The zero-order chi connectivity index (χ0) is 12.3. The van der Waals surface area contributed by atoms with Gasteiger partial charge in [0.2, 0.25) is 0 Å². The van der Waals surface area contributed by atoms with Gasteiger partial charge in [-0.25, -0.2) is 0 Å². The first-order chi connectivity index (χ1) is 7.02. The van der Waals surface area contributed by atoms with Crippen LogP contribution in [0.4, 0.5) is 0 Å². The van der Waals surface area contributed by atoms with Crippen molar-refractivity contribution in [2.24, 2.45) is 0 Å². The van der Waals surface area contributed by atoms with E-state index in [4.69, 9.17) is 14.2 Å². The maximum Gasteiger partial charge on any atom is 0.165 e. The summed E-state index contributed by atoms with van der Waals surface area (Å²) in [5, 5.41) is 2.64. The van der Waals surface area contributed by atoms with Crippen LogP contribution in [0.2, 0.25) is 0 Å². The maximum absolute atomic E-state index is 5.15. The van der Waals surface area contributed by atoms with Gasteiger partial charge < -0.3 is 31.8 Å².